The monoisotopic (exact) mass is 490 g/mol. The lowest BCUT2D eigenvalue weighted by Gasteiger charge is -2.35. The summed E-state index contributed by atoms with van der Waals surface area (Å²) in [5, 5.41) is 0. The lowest BCUT2D eigenvalue weighted by Crippen LogP contribution is -2.46. The van der Waals surface area contributed by atoms with Gasteiger partial charge in [-0.3, -0.25) is 4.90 Å². The van der Waals surface area contributed by atoms with Crippen molar-refractivity contribution in [2.24, 2.45) is 0 Å². The molecule has 0 saturated carbocycles. The zero-order chi connectivity index (χ0) is 25.2. The second kappa shape index (κ2) is 13.2. The number of piperazine rings is 1. The smallest absolute Gasteiger partial charge is 0.130 e. The largest absolute Gasteiger partial charge is 0.496 e. The molecule has 0 aliphatic carbocycles. The van der Waals surface area contributed by atoms with Crippen LogP contribution in [-0.4, -0.2) is 70.5 Å². The summed E-state index contributed by atoms with van der Waals surface area (Å²) in [5.41, 5.74) is 3.61. The Kier molecular flexibility index (Phi) is 9.47. The Labute approximate surface area is 215 Å². The lowest BCUT2D eigenvalue weighted by molar-refractivity contribution is 0.119. The summed E-state index contributed by atoms with van der Waals surface area (Å²) in [6.07, 6.45) is 1.91. The van der Waals surface area contributed by atoms with Crippen molar-refractivity contribution < 1.29 is 18.9 Å². The van der Waals surface area contributed by atoms with Crippen LogP contribution in [0.25, 0.3) is 0 Å². The minimum absolute atomic E-state index is 0.728. The molecule has 1 saturated heterocycles. The molecule has 3 aromatic rings. The fourth-order valence-corrected chi connectivity index (χ4v) is 4.71. The van der Waals surface area contributed by atoms with Gasteiger partial charge in [-0.15, -0.1) is 0 Å². The van der Waals surface area contributed by atoms with E-state index in [2.05, 4.69) is 64.4 Å². The van der Waals surface area contributed by atoms with E-state index in [9.17, 15) is 0 Å². The zero-order valence-electron chi connectivity index (χ0n) is 21.7. The Morgan fingerprint density at radius 3 is 2.00 bits per heavy atom. The minimum Gasteiger partial charge on any atom is -0.496 e. The fourth-order valence-electron chi connectivity index (χ4n) is 4.71. The highest BCUT2D eigenvalue weighted by atomic mass is 16.5. The Hall–Kier alpha value is -3.22. The number of benzene rings is 3. The molecule has 0 unspecified atom stereocenters. The van der Waals surface area contributed by atoms with E-state index in [0.717, 1.165) is 87.3 Å². The van der Waals surface area contributed by atoms with E-state index in [1.54, 1.807) is 21.3 Å². The Morgan fingerprint density at radius 2 is 1.33 bits per heavy atom. The Balaban J connectivity index is 1.22. The molecule has 0 bridgehead atoms. The van der Waals surface area contributed by atoms with Gasteiger partial charge in [0.05, 0.1) is 33.5 Å². The first kappa shape index (κ1) is 25.9. The lowest BCUT2D eigenvalue weighted by atomic mass is 10.0. The molecule has 6 nitrogen and oxygen atoms in total. The second-order valence-corrected chi connectivity index (χ2v) is 9.10. The van der Waals surface area contributed by atoms with Gasteiger partial charge < -0.3 is 23.8 Å². The molecule has 0 aromatic heterocycles. The maximum atomic E-state index is 6.20. The van der Waals surface area contributed by atoms with Gasteiger partial charge in [0.1, 0.15) is 23.0 Å². The van der Waals surface area contributed by atoms with Gasteiger partial charge in [-0.25, -0.2) is 0 Å². The molecule has 1 aliphatic rings. The van der Waals surface area contributed by atoms with Crippen molar-refractivity contribution in [2.75, 3.05) is 60.7 Å². The number of rotatable bonds is 12. The van der Waals surface area contributed by atoms with E-state index in [1.807, 2.05) is 12.1 Å². The van der Waals surface area contributed by atoms with E-state index >= 15 is 0 Å². The zero-order valence-corrected chi connectivity index (χ0v) is 21.7. The number of hydrogen-bond acceptors (Lipinski definition) is 6. The number of nitrogens with zero attached hydrogens (tertiary/aromatic N) is 2. The summed E-state index contributed by atoms with van der Waals surface area (Å²) in [5.74, 6) is 3.34. The van der Waals surface area contributed by atoms with Crippen LogP contribution in [0.5, 0.6) is 23.0 Å². The number of hydrogen-bond donors (Lipinski definition) is 0. The molecule has 6 heteroatoms. The van der Waals surface area contributed by atoms with Gasteiger partial charge >= 0.3 is 0 Å². The molecule has 0 atom stereocenters. The van der Waals surface area contributed by atoms with E-state index in [0.29, 0.717) is 0 Å². The van der Waals surface area contributed by atoms with Crippen LogP contribution in [0.4, 0.5) is 0 Å². The number of methoxy groups -OCH3 is 3. The van der Waals surface area contributed by atoms with Crippen LogP contribution in [0.15, 0.2) is 66.7 Å². The third-order valence-electron chi connectivity index (χ3n) is 6.75. The van der Waals surface area contributed by atoms with Gasteiger partial charge in [-0.2, -0.15) is 0 Å². The molecule has 0 radical (unpaired) electrons. The normalized spacial score (nSPS) is 14.4. The topological polar surface area (TPSA) is 43.4 Å². The molecule has 0 N–H and O–H groups in total. The van der Waals surface area contributed by atoms with Crippen LogP contribution in [0, 0.1) is 0 Å². The standard InChI is InChI=1S/C30H38N2O4/c1-33-26-21-29(34-2)27(30(22-26)35-3)23-32-17-15-31(16-18-32)14-9-19-36-28-13-8-7-12-25(28)20-24-10-5-4-6-11-24/h4-8,10-13,21-22H,9,14-20,23H2,1-3H3. The highest BCUT2D eigenvalue weighted by Crippen LogP contribution is 2.35. The molecule has 1 heterocycles. The first-order valence-corrected chi connectivity index (χ1v) is 12.7. The van der Waals surface area contributed by atoms with Crippen LogP contribution in [-0.2, 0) is 13.0 Å². The summed E-state index contributed by atoms with van der Waals surface area (Å²) in [6, 6.07) is 22.8. The molecular formula is C30H38N2O4. The third-order valence-corrected chi connectivity index (χ3v) is 6.75. The number of para-hydroxylation sites is 1. The maximum absolute atomic E-state index is 6.20. The molecule has 1 fully saturated rings. The van der Waals surface area contributed by atoms with Crippen molar-refractivity contribution in [3.8, 4) is 23.0 Å². The highest BCUT2D eigenvalue weighted by molar-refractivity contribution is 5.50. The van der Waals surface area contributed by atoms with Gasteiger partial charge in [0, 0.05) is 57.8 Å². The summed E-state index contributed by atoms with van der Waals surface area (Å²) >= 11 is 0. The first-order valence-electron chi connectivity index (χ1n) is 12.7. The van der Waals surface area contributed by atoms with Crippen LogP contribution >= 0.6 is 0 Å². The first-order chi connectivity index (χ1) is 17.7. The van der Waals surface area contributed by atoms with Crippen LogP contribution in [0.3, 0.4) is 0 Å². The van der Waals surface area contributed by atoms with Crippen LogP contribution in [0.2, 0.25) is 0 Å². The van der Waals surface area contributed by atoms with Crippen molar-refractivity contribution >= 4 is 0 Å². The Morgan fingerprint density at radius 1 is 0.694 bits per heavy atom. The van der Waals surface area contributed by atoms with E-state index in [-0.39, 0.29) is 0 Å². The van der Waals surface area contributed by atoms with Crippen LogP contribution < -0.4 is 18.9 Å². The van der Waals surface area contributed by atoms with Gasteiger partial charge in [0.25, 0.3) is 0 Å². The van der Waals surface area contributed by atoms with Crippen molar-refractivity contribution in [3.63, 3.8) is 0 Å². The van der Waals surface area contributed by atoms with Gasteiger partial charge in [-0.1, -0.05) is 48.5 Å². The molecule has 0 spiro atoms. The molecule has 192 valence electrons. The predicted molar refractivity (Wildman–Crippen MR) is 144 cm³/mol. The summed E-state index contributed by atoms with van der Waals surface area (Å²) in [6.45, 7) is 6.69. The molecule has 4 rings (SSSR count). The third kappa shape index (κ3) is 6.93. The molecule has 36 heavy (non-hydrogen) atoms. The summed E-state index contributed by atoms with van der Waals surface area (Å²) < 4.78 is 22.8. The second-order valence-electron chi connectivity index (χ2n) is 9.10. The van der Waals surface area contributed by atoms with E-state index in [1.165, 1.54) is 11.1 Å². The maximum Gasteiger partial charge on any atom is 0.130 e. The van der Waals surface area contributed by atoms with E-state index in [4.69, 9.17) is 18.9 Å². The minimum atomic E-state index is 0.728. The molecule has 0 amide bonds. The average Bonchev–Trinajstić information content (AvgIpc) is 2.93. The highest BCUT2D eigenvalue weighted by Gasteiger charge is 2.21. The Bertz CT molecular complexity index is 1060. The fraction of sp³-hybridized carbons (Fsp3) is 0.400. The van der Waals surface area contributed by atoms with Crippen molar-refractivity contribution in [3.05, 3.63) is 83.4 Å². The van der Waals surface area contributed by atoms with Crippen molar-refractivity contribution in [1.82, 2.24) is 9.80 Å². The van der Waals surface area contributed by atoms with Crippen molar-refractivity contribution in [1.29, 1.82) is 0 Å². The summed E-state index contributed by atoms with van der Waals surface area (Å²) in [7, 11) is 5.04. The molecular weight excluding hydrogens is 452 g/mol. The van der Waals surface area contributed by atoms with Gasteiger partial charge in [-0.05, 0) is 23.6 Å². The predicted octanol–water partition coefficient (Wildman–Crippen LogP) is 4.89. The molecule has 3 aromatic carbocycles. The van der Waals surface area contributed by atoms with Crippen molar-refractivity contribution in [2.45, 2.75) is 19.4 Å². The average molecular weight is 491 g/mol. The van der Waals surface area contributed by atoms with Gasteiger partial charge in [0.2, 0.25) is 0 Å². The van der Waals surface area contributed by atoms with Crippen LogP contribution in [0.1, 0.15) is 23.1 Å². The molecule has 1 aliphatic heterocycles. The van der Waals surface area contributed by atoms with E-state index < -0.39 is 0 Å². The quantitative estimate of drug-likeness (QED) is 0.337. The SMILES string of the molecule is COc1cc(OC)c(CN2CCN(CCCOc3ccccc3Cc3ccccc3)CC2)c(OC)c1. The summed E-state index contributed by atoms with van der Waals surface area (Å²) in [4.78, 5) is 4.98. The number of ether oxygens (including phenoxy) is 4. The van der Waals surface area contributed by atoms with Gasteiger partial charge in [0.15, 0.2) is 0 Å².